The lowest BCUT2D eigenvalue weighted by Gasteiger charge is -2.29. The standard InChI is InChI=1S/C16H21N3/c1-12(2)13-3-4-15-14(11-13)5-6-18-16(15)19-9-7-17-8-10-19/h3-6,11-12,17H,7-10H2,1-2H3. The Morgan fingerprint density at radius 1 is 1.16 bits per heavy atom. The zero-order valence-electron chi connectivity index (χ0n) is 11.7. The Hall–Kier alpha value is -1.61. The van der Waals surface area contributed by atoms with E-state index in [4.69, 9.17) is 0 Å². The number of rotatable bonds is 2. The molecule has 0 atom stereocenters. The van der Waals surface area contributed by atoms with Crippen molar-refractivity contribution >= 4 is 16.6 Å². The van der Waals surface area contributed by atoms with Crippen LogP contribution in [0.4, 0.5) is 5.82 Å². The second-order valence-electron chi connectivity index (χ2n) is 5.51. The largest absolute Gasteiger partial charge is 0.354 e. The Labute approximate surface area is 114 Å². The van der Waals surface area contributed by atoms with Gasteiger partial charge in [-0.3, -0.25) is 0 Å². The number of nitrogens with one attached hydrogen (secondary N) is 1. The number of piperazine rings is 1. The fourth-order valence-corrected chi connectivity index (χ4v) is 2.67. The Balaban J connectivity index is 2.05. The lowest BCUT2D eigenvalue weighted by molar-refractivity contribution is 0.586. The normalized spacial score (nSPS) is 16.3. The topological polar surface area (TPSA) is 28.2 Å². The molecular weight excluding hydrogens is 234 g/mol. The molecule has 1 aromatic heterocycles. The highest BCUT2D eigenvalue weighted by atomic mass is 15.2. The number of anilines is 1. The quantitative estimate of drug-likeness (QED) is 0.894. The van der Waals surface area contributed by atoms with Crippen molar-refractivity contribution < 1.29 is 0 Å². The van der Waals surface area contributed by atoms with Crippen LogP contribution in [0.5, 0.6) is 0 Å². The van der Waals surface area contributed by atoms with Crippen LogP contribution in [0.15, 0.2) is 30.5 Å². The summed E-state index contributed by atoms with van der Waals surface area (Å²) in [6, 6.07) is 8.88. The predicted octanol–water partition coefficient (Wildman–Crippen LogP) is 2.77. The van der Waals surface area contributed by atoms with Crippen molar-refractivity contribution in [3.05, 3.63) is 36.0 Å². The Morgan fingerprint density at radius 2 is 1.95 bits per heavy atom. The molecule has 2 heterocycles. The molecule has 1 fully saturated rings. The zero-order valence-corrected chi connectivity index (χ0v) is 11.7. The maximum atomic E-state index is 4.60. The molecule has 19 heavy (non-hydrogen) atoms. The van der Waals surface area contributed by atoms with E-state index in [1.807, 2.05) is 6.20 Å². The molecule has 3 rings (SSSR count). The van der Waals surface area contributed by atoms with Crippen molar-refractivity contribution in [2.45, 2.75) is 19.8 Å². The summed E-state index contributed by atoms with van der Waals surface area (Å²) >= 11 is 0. The highest BCUT2D eigenvalue weighted by Gasteiger charge is 2.14. The molecule has 0 radical (unpaired) electrons. The highest BCUT2D eigenvalue weighted by molar-refractivity contribution is 5.92. The summed E-state index contributed by atoms with van der Waals surface area (Å²) in [5, 5.41) is 5.96. The zero-order chi connectivity index (χ0) is 13.2. The molecule has 0 unspecified atom stereocenters. The van der Waals surface area contributed by atoms with E-state index in [9.17, 15) is 0 Å². The maximum Gasteiger partial charge on any atom is 0.136 e. The molecule has 2 aromatic rings. The molecule has 3 heteroatoms. The van der Waals surface area contributed by atoms with Gasteiger partial charge in [0.25, 0.3) is 0 Å². The molecule has 3 nitrogen and oxygen atoms in total. The number of hydrogen-bond donors (Lipinski definition) is 1. The molecule has 0 spiro atoms. The van der Waals surface area contributed by atoms with Gasteiger partial charge in [0.15, 0.2) is 0 Å². The second-order valence-corrected chi connectivity index (χ2v) is 5.51. The van der Waals surface area contributed by atoms with Crippen molar-refractivity contribution in [3.8, 4) is 0 Å². The first-order chi connectivity index (χ1) is 9.25. The molecule has 0 saturated carbocycles. The van der Waals surface area contributed by atoms with Crippen molar-refractivity contribution in [1.29, 1.82) is 0 Å². The van der Waals surface area contributed by atoms with Crippen LogP contribution in [0, 0.1) is 0 Å². The monoisotopic (exact) mass is 255 g/mol. The van der Waals surface area contributed by atoms with Crippen molar-refractivity contribution in [1.82, 2.24) is 10.3 Å². The molecule has 1 aliphatic heterocycles. The highest BCUT2D eigenvalue weighted by Crippen LogP contribution is 2.27. The van der Waals surface area contributed by atoms with E-state index < -0.39 is 0 Å². The SMILES string of the molecule is CC(C)c1ccc2c(N3CCNCC3)nccc2c1. The third-order valence-electron chi connectivity index (χ3n) is 3.85. The second kappa shape index (κ2) is 5.17. The fourth-order valence-electron chi connectivity index (χ4n) is 2.67. The van der Waals surface area contributed by atoms with E-state index in [-0.39, 0.29) is 0 Å². The number of hydrogen-bond acceptors (Lipinski definition) is 3. The van der Waals surface area contributed by atoms with Gasteiger partial charge >= 0.3 is 0 Å². The molecule has 1 aromatic carbocycles. The molecule has 0 bridgehead atoms. The van der Waals surface area contributed by atoms with Crippen LogP contribution in [0.25, 0.3) is 10.8 Å². The van der Waals surface area contributed by atoms with Gasteiger partial charge in [-0.1, -0.05) is 32.0 Å². The minimum absolute atomic E-state index is 0.570. The summed E-state index contributed by atoms with van der Waals surface area (Å²) in [4.78, 5) is 6.99. The van der Waals surface area contributed by atoms with E-state index in [0.717, 1.165) is 32.0 Å². The van der Waals surface area contributed by atoms with Gasteiger partial charge < -0.3 is 10.2 Å². The van der Waals surface area contributed by atoms with E-state index in [1.165, 1.54) is 16.3 Å². The van der Waals surface area contributed by atoms with E-state index >= 15 is 0 Å². The van der Waals surface area contributed by atoms with E-state index in [2.05, 4.69) is 53.3 Å². The van der Waals surface area contributed by atoms with Crippen LogP contribution in [-0.2, 0) is 0 Å². The van der Waals surface area contributed by atoms with E-state index in [0.29, 0.717) is 5.92 Å². The summed E-state index contributed by atoms with van der Waals surface area (Å²) in [5.41, 5.74) is 1.39. The van der Waals surface area contributed by atoms with Crippen LogP contribution in [0.3, 0.4) is 0 Å². The smallest absolute Gasteiger partial charge is 0.136 e. The number of fused-ring (bicyclic) bond motifs is 1. The molecule has 0 amide bonds. The first-order valence-electron chi connectivity index (χ1n) is 7.10. The average molecular weight is 255 g/mol. The van der Waals surface area contributed by atoms with Gasteiger partial charge in [0.2, 0.25) is 0 Å². The van der Waals surface area contributed by atoms with Crippen molar-refractivity contribution in [2.24, 2.45) is 0 Å². The van der Waals surface area contributed by atoms with Gasteiger partial charge in [-0.25, -0.2) is 4.98 Å². The average Bonchev–Trinajstić information content (AvgIpc) is 2.47. The van der Waals surface area contributed by atoms with Gasteiger partial charge in [0, 0.05) is 37.8 Å². The molecule has 100 valence electrons. The maximum absolute atomic E-state index is 4.60. The summed E-state index contributed by atoms with van der Waals surface area (Å²) in [6.07, 6.45) is 1.93. The Bertz CT molecular complexity index is 571. The third kappa shape index (κ3) is 2.43. The van der Waals surface area contributed by atoms with Crippen LogP contribution in [0.2, 0.25) is 0 Å². The summed E-state index contributed by atoms with van der Waals surface area (Å²) < 4.78 is 0. The summed E-state index contributed by atoms with van der Waals surface area (Å²) in [5.74, 6) is 1.70. The van der Waals surface area contributed by atoms with E-state index in [1.54, 1.807) is 0 Å². The van der Waals surface area contributed by atoms with Gasteiger partial charge in [-0.2, -0.15) is 0 Å². The molecule has 0 aliphatic carbocycles. The summed E-state index contributed by atoms with van der Waals surface area (Å²) in [7, 11) is 0. The lowest BCUT2D eigenvalue weighted by atomic mass is 10.00. The van der Waals surface area contributed by atoms with Crippen LogP contribution in [0.1, 0.15) is 25.3 Å². The van der Waals surface area contributed by atoms with Gasteiger partial charge in [-0.05, 0) is 22.9 Å². The molecule has 1 aliphatic rings. The predicted molar refractivity (Wildman–Crippen MR) is 80.9 cm³/mol. The van der Waals surface area contributed by atoms with Crippen molar-refractivity contribution in [2.75, 3.05) is 31.1 Å². The lowest BCUT2D eigenvalue weighted by Crippen LogP contribution is -2.43. The van der Waals surface area contributed by atoms with Gasteiger partial charge in [-0.15, -0.1) is 0 Å². The Kier molecular flexibility index (Phi) is 3.38. The minimum atomic E-state index is 0.570. The van der Waals surface area contributed by atoms with Crippen LogP contribution in [-0.4, -0.2) is 31.2 Å². The van der Waals surface area contributed by atoms with Gasteiger partial charge in [0.05, 0.1) is 0 Å². The fraction of sp³-hybridized carbons (Fsp3) is 0.438. The molecule has 1 saturated heterocycles. The number of pyridine rings is 1. The third-order valence-corrected chi connectivity index (χ3v) is 3.85. The molecular formula is C16H21N3. The minimum Gasteiger partial charge on any atom is -0.354 e. The number of aromatic nitrogens is 1. The van der Waals surface area contributed by atoms with Gasteiger partial charge in [0.1, 0.15) is 5.82 Å². The Morgan fingerprint density at radius 3 is 2.68 bits per heavy atom. The van der Waals surface area contributed by atoms with Crippen LogP contribution >= 0.6 is 0 Å². The number of benzene rings is 1. The van der Waals surface area contributed by atoms with Crippen LogP contribution < -0.4 is 10.2 Å². The first kappa shape index (κ1) is 12.4. The first-order valence-corrected chi connectivity index (χ1v) is 7.10. The molecule has 1 N–H and O–H groups in total. The number of nitrogens with zero attached hydrogens (tertiary/aromatic N) is 2. The summed E-state index contributed by atoms with van der Waals surface area (Å²) in [6.45, 7) is 8.64. The van der Waals surface area contributed by atoms with Crippen molar-refractivity contribution in [3.63, 3.8) is 0 Å².